The van der Waals surface area contributed by atoms with E-state index in [1.807, 2.05) is 0 Å². The number of anilines is 8. The Kier molecular flexibility index (Phi) is 16.8. The highest BCUT2D eigenvalue weighted by molar-refractivity contribution is 7.86. The highest BCUT2D eigenvalue weighted by atomic mass is 35.5. The van der Waals surface area contributed by atoms with Gasteiger partial charge in [0.1, 0.15) is 53.8 Å². The number of halogens is 2. The third-order valence-corrected chi connectivity index (χ3v) is 15.2. The standard InChI is InChI=1S/C48H36Cl2N16O16S4/c1-21(67)51-27-9-13-33(35(19-27)83(71,72)73)65-63-29-7-11-31-23(15-29)17-37(85(77,78)79)39(41(31)69)55-47-59-43(49)57-45(61-47)53-25-3-5-26(6-4-25)54-46-58-44(50)60-48(62-46)56-40-38(86(80,81)82)18-24-16-30(8-12-32(24)42(40)70)64-66-34-14-10-28(52-22(2)68)20-36(34)84(74,75)76/h3-20,69-70H,1-2H3,(H,51,67)(H,52,68)(H,71,72,73)(H,74,75,76)(H,77,78,79)(H,80,81,82)(H2,53,55,57,59,61)(H2,54,56,58,60,62). The summed E-state index contributed by atoms with van der Waals surface area (Å²) < 4.78 is 140. The van der Waals surface area contributed by atoms with Crippen LogP contribution in [0.1, 0.15) is 13.8 Å². The van der Waals surface area contributed by atoms with Gasteiger partial charge < -0.3 is 41.7 Å². The second-order valence-electron chi connectivity index (χ2n) is 17.5. The molecule has 0 unspecified atom stereocenters. The second-order valence-corrected chi connectivity index (χ2v) is 23.7. The summed E-state index contributed by atoms with van der Waals surface area (Å²) in [6.45, 7) is 2.48. The molecular formula is C48H36Cl2N16O16S4. The molecule has 442 valence electrons. The minimum absolute atomic E-state index is 0.00316. The molecule has 0 atom stereocenters. The molecule has 7 aromatic carbocycles. The van der Waals surface area contributed by atoms with Crippen LogP contribution in [0.25, 0.3) is 21.5 Å². The second kappa shape index (κ2) is 23.7. The zero-order valence-corrected chi connectivity index (χ0v) is 47.8. The van der Waals surface area contributed by atoms with E-state index in [0.717, 1.165) is 36.4 Å². The van der Waals surface area contributed by atoms with Crippen molar-refractivity contribution in [2.75, 3.05) is 21.3 Å². The van der Waals surface area contributed by atoms with Crippen molar-refractivity contribution >= 4 is 178 Å². The Hall–Kier alpha value is -9.76. The monoisotopic (exact) mass is 1290 g/mol. The molecule has 0 saturated heterocycles. The van der Waals surface area contributed by atoms with Gasteiger partial charge in [-0.05, 0) is 143 Å². The molecule has 0 aliphatic carbocycles. The quantitative estimate of drug-likeness (QED) is 0.0125. The fourth-order valence-electron chi connectivity index (χ4n) is 7.84. The maximum atomic E-state index is 12.8. The SMILES string of the molecule is CC(O)=Nc1ccc(N=Nc2ccc3c(O)c(Nc4nc(Cl)nc(Nc5ccc(Nc6nc(Cl)nc(Nc7c(S(=O)(=O)O)cc8cc(N=Nc9ccc(N=C(C)O)cc9S(=O)(=O)O)ccc8c7O)n6)cc5)n4)c(S(=O)(=O)O)cc3c2)c(S(=O)(=O)O)c1. The van der Waals surface area contributed by atoms with Crippen LogP contribution < -0.4 is 21.3 Å². The van der Waals surface area contributed by atoms with Crippen LogP contribution in [-0.2, 0) is 40.5 Å². The molecule has 86 heavy (non-hydrogen) atoms. The maximum absolute atomic E-state index is 12.8. The summed E-state index contributed by atoms with van der Waals surface area (Å²) in [6, 6.07) is 22.5. The summed E-state index contributed by atoms with van der Waals surface area (Å²) in [7, 11) is -20.0. The minimum atomic E-state index is -5.13. The number of aliphatic hydroxyl groups is 2. The molecule has 0 radical (unpaired) electrons. The summed E-state index contributed by atoms with van der Waals surface area (Å²) in [5.74, 6) is -3.51. The van der Waals surface area contributed by atoms with E-state index in [9.17, 15) is 72.3 Å². The van der Waals surface area contributed by atoms with Crippen LogP contribution in [0.2, 0.25) is 10.6 Å². The number of aliphatic imine (C=N–C) groups is 2. The first-order valence-electron chi connectivity index (χ1n) is 23.5. The molecule has 0 bridgehead atoms. The lowest BCUT2D eigenvalue weighted by Gasteiger charge is -2.15. The number of nitrogens with zero attached hydrogens (tertiary/aromatic N) is 12. The van der Waals surface area contributed by atoms with Crippen LogP contribution in [0.15, 0.2) is 159 Å². The molecule has 0 fully saturated rings. The molecular weight excluding hydrogens is 1260 g/mol. The molecule has 38 heteroatoms. The van der Waals surface area contributed by atoms with Crippen molar-refractivity contribution in [1.29, 1.82) is 0 Å². The molecule has 32 nitrogen and oxygen atoms in total. The number of benzene rings is 7. The van der Waals surface area contributed by atoms with Crippen LogP contribution >= 0.6 is 23.2 Å². The van der Waals surface area contributed by atoms with Crippen molar-refractivity contribution < 1.29 is 72.3 Å². The number of fused-ring (bicyclic) bond motifs is 2. The summed E-state index contributed by atoms with van der Waals surface area (Å²) in [5.41, 5.74) is -1.27. The van der Waals surface area contributed by atoms with Crippen molar-refractivity contribution in [3.8, 4) is 11.5 Å². The molecule has 0 amide bonds. The fourth-order valence-corrected chi connectivity index (χ4v) is 10.8. The normalized spacial score (nSPS) is 12.8. The number of aromatic hydroxyl groups is 2. The molecule has 2 heterocycles. The summed E-state index contributed by atoms with van der Waals surface area (Å²) in [6.07, 6.45) is 0. The zero-order chi connectivity index (χ0) is 62.2. The van der Waals surface area contributed by atoms with Crippen molar-refractivity contribution in [3.05, 3.63) is 120 Å². The molecule has 12 N–H and O–H groups in total. The third-order valence-electron chi connectivity index (χ3n) is 11.3. The number of hydrogen-bond donors (Lipinski definition) is 12. The van der Waals surface area contributed by atoms with E-state index in [2.05, 4.69) is 81.6 Å². The van der Waals surface area contributed by atoms with Gasteiger partial charge in [0, 0.05) is 36.0 Å². The highest BCUT2D eigenvalue weighted by Gasteiger charge is 2.26. The van der Waals surface area contributed by atoms with E-state index in [4.69, 9.17) is 23.2 Å². The highest BCUT2D eigenvalue weighted by Crippen LogP contribution is 2.44. The van der Waals surface area contributed by atoms with Gasteiger partial charge in [0.25, 0.3) is 40.5 Å². The first kappa shape index (κ1) is 60.8. The Morgan fingerprint density at radius 1 is 0.407 bits per heavy atom. The number of azo groups is 2. The average Bonchev–Trinajstić information content (AvgIpc) is 0.922. The predicted molar refractivity (Wildman–Crippen MR) is 312 cm³/mol. The Bertz CT molecular complexity index is 4580. The molecule has 9 aromatic rings. The van der Waals surface area contributed by atoms with E-state index in [0.29, 0.717) is 11.4 Å². The van der Waals surface area contributed by atoms with Crippen LogP contribution in [0.4, 0.5) is 80.7 Å². The van der Waals surface area contributed by atoms with Gasteiger partial charge in [-0.15, -0.1) is 10.2 Å². The van der Waals surface area contributed by atoms with Crippen LogP contribution in [0.5, 0.6) is 11.5 Å². The average molecular weight is 1290 g/mol. The molecule has 2 aromatic heterocycles. The summed E-state index contributed by atoms with van der Waals surface area (Å²) in [4.78, 5) is 28.7. The van der Waals surface area contributed by atoms with E-state index >= 15 is 0 Å². The van der Waals surface area contributed by atoms with Gasteiger partial charge in [-0.1, -0.05) is 0 Å². The zero-order valence-electron chi connectivity index (χ0n) is 43.0. The lowest BCUT2D eigenvalue weighted by atomic mass is 10.1. The van der Waals surface area contributed by atoms with E-state index in [1.165, 1.54) is 86.6 Å². The maximum Gasteiger partial charge on any atom is 0.296 e. The first-order chi connectivity index (χ1) is 40.3. The molecule has 0 aliphatic rings. The number of aliphatic hydroxyl groups excluding tert-OH is 2. The van der Waals surface area contributed by atoms with Gasteiger partial charge in [0.05, 0.1) is 22.7 Å². The molecule has 9 rings (SSSR count). The first-order valence-corrected chi connectivity index (χ1v) is 30.0. The molecule has 0 saturated carbocycles. The molecule has 0 aliphatic heterocycles. The topological polar surface area (TPSA) is 498 Å². The van der Waals surface area contributed by atoms with Crippen LogP contribution in [-0.4, -0.2) is 114 Å². The lowest BCUT2D eigenvalue weighted by Crippen LogP contribution is -2.08. The Balaban J connectivity index is 0.914. The Morgan fingerprint density at radius 3 is 1.06 bits per heavy atom. The number of nitrogens with one attached hydrogen (secondary N) is 4. The Labute approximate surface area is 493 Å². The van der Waals surface area contributed by atoms with Gasteiger partial charge in [-0.2, -0.15) is 73.8 Å². The fraction of sp³-hybridized carbons (Fsp3) is 0.0417. The lowest BCUT2D eigenvalue weighted by molar-refractivity contribution is 0.473. The van der Waals surface area contributed by atoms with Gasteiger partial charge in [-0.25, -0.2) is 9.98 Å². The van der Waals surface area contributed by atoms with Crippen molar-refractivity contribution in [1.82, 2.24) is 29.9 Å². The number of rotatable bonds is 18. The van der Waals surface area contributed by atoms with E-state index in [1.54, 1.807) is 0 Å². The number of phenols is 2. The predicted octanol–water partition coefficient (Wildman–Crippen LogP) is 11.1. The van der Waals surface area contributed by atoms with Gasteiger partial charge in [0.2, 0.25) is 34.4 Å². The van der Waals surface area contributed by atoms with Gasteiger partial charge in [0.15, 0.2) is 11.8 Å². The van der Waals surface area contributed by atoms with E-state index in [-0.39, 0.29) is 67.6 Å². The van der Waals surface area contributed by atoms with Crippen LogP contribution in [0, 0.1) is 0 Å². The largest absolute Gasteiger partial charge is 0.505 e. The summed E-state index contributed by atoms with van der Waals surface area (Å²) in [5, 5.41) is 67.5. The number of phenolic OH excluding ortho intramolecular Hbond substituents is 2. The van der Waals surface area contributed by atoms with E-state index < -0.39 is 117 Å². The van der Waals surface area contributed by atoms with Gasteiger partial charge in [-0.3, -0.25) is 18.2 Å². The van der Waals surface area contributed by atoms with Crippen molar-refractivity contribution in [3.63, 3.8) is 0 Å². The van der Waals surface area contributed by atoms with Crippen LogP contribution in [0.3, 0.4) is 0 Å². The number of hydrogen-bond acceptors (Lipinski definition) is 26. The Morgan fingerprint density at radius 2 is 0.733 bits per heavy atom. The minimum Gasteiger partial charge on any atom is -0.505 e. The molecule has 0 spiro atoms. The van der Waals surface area contributed by atoms with Crippen molar-refractivity contribution in [2.45, 2.75) is 33.4 Å². The number of aromatic nitrogens is 6. The van der Waals surface area contributed by atoms with Crippen molar-refractivity contribution in [2.24, 2.45) is 30.4 Å². The smallest absolute Gasteiger partial charge is 0.296 e. The van der Waals surface area contributed by atoms with Gasteiger partial charge >= 0.3 is 0 Å². The summed E-state index contributed by atoms with van der Waals surface area (Å²) >= 11 is 12.5. The third kappa shape index (κ3) is 14.4.